The summed E-state index contributed by atoms with van der Waals surface area (Å²) in [6.45, 7) is 0.395. The largest absolute Gasteiger partial charge is 0.490 e. The predicted octanol–water partition coefficient (Wildman–Crippen LogP) is 2.96. The molecule has 0 saturated heterocycles. The van der Waals surface area contributed by atoms with Crippen molar-refractivity contribution in [1.29, 1.82) is 5.26 Å². The molecule has 0 amide bonds. The van der Waals surface area contributed by atoms with Crippen LogP contribution < -0.4 is 10.1 Å². The molecule has 0 spiro atoms. The maximum Gasteiger partial charge on any atom is 0.143 e. The number of hydrogen-bond acceptors (Lipinski definition) is 5. The van der Waals surface area contributed by atoms with Crippen LogP contribution in [-0.2, 0) is 0 Å². The molecule has 120 valence electrons. The molecule has 2 aromatic carbocycles. The van der Waals surface area contributed by atoms with Gasteiger partial charge in [0.1, 0.15) is 30.3 Å². The molecular weight excluding hydrogens is 302 g/mol. The van der Waals surface area contributed by atoms with E-state index in [4.69, 9.17) is 10.00 Å². The van der Waals surface area contributed by atoms with Gasteiger partial charge in [0.15, 0.2) is 0 Å². The lowest BCUT2D eigenvalue weighted by Gasteiger charge is -2.15. The van der Waals surface area contributed by atoms with Gasteiger partial charge >= 0.3 is 0 Å². The molecule has 0 aliphatic carbocycles. The van der Waals surface area contributed by atoms with Gasteiger partial charge < -0.3 is 15.2 Å². The second kappa shape index (κ2) is 7.44. The summed E-state index contributed by atoms with van der Waals surface area (Å²) < 4.78 is 5.75. The van der Waals surface area contributed by atoms with E-state index in [0.717, 1.165) is 16.5 Å². The third-order valence-electron chi connectivity index (χ3n) is 3.61. The van der Waals surface area contributed by atoms with Crippen molar-refractivity contribution >= 4 is 16.6 Å². The van der Waals surface area contributed by atoms with Crippen molar-refractivity contribution in [1.82, 2.24) is 4.98 Å². The SMILES string of the molecule is N#Cc1cccnc1NCC(O)COc1cccc2ccccc12. The Morgan fingerprint density at radius 2 is 1.96 bits per heavy atom. The summed E-state index contributed by atoms with van der Waals surface area (Å²) in [5.41, 5.74) is 0.444. The van der Waals surface area contributed by atoms with Crippen LogP contribution >= 0.6 is 0 Å². The van der Waals surface area contributed by atoms with Crippen molar-refractivity contribution in [3.05, 3.63) is 66.4 Å². The number of aliphatic hydroxyl groups excluding tert-OH is 1. The molecule has 0 aliphatic heterocycles. The molecule has 1 aromatic heterocycles. The van der Waals surface area contributed by atoms with Crippen molar-refractivity contribution < 1.29 is 9.84 Å². The number of fused-ring (bicyclic) bond motifs is 1. The minimum absolute atomic E-state index is 0.149. The third-order valence-corrected chi connectivity index (χ3v) is 3.61. The molecule has 2 N–H and O–H groups in total. The van der Waals surface area contributed by atoms with E-state index in [1.807, 2.05) is 42.5 Å². The summed E-state index contributed by atoms with van der Waals surface area (Å²) >= 11 is 0. The number of hydrogen-bond donors (Lipinski definition) is 2. The van der Waals surface area contributed by atoms with Crippen molar-refractivity contribution in [2.45, 2.75) is 6.10 Å². The van der Waals surface area contributed by atoms with Crippen molar-refractivity contribution in [2.75, 3.05) is 18.5 Å². The highest BCUT2D eigenvalue weighted by atomic mass is 16.5. The lowest BCUT2D eigenvalue weighted by atomic mass is 10.1. The molecule has 3 rings (SSSR count). The molecule has 5 heteroatoms. The molecule has 1 unspecified atom stereocenters. The summed E-state index contributed by atoms with van der Waals surface area (Å²) in [5, 5.41) is 24.2. The maximum absolute atomic E-state index is 10.1. The molecule has 1 atom stereocenters. The van der Waals surface area contributed by atoms with Crippen LogP contribution in [0, 0.1) is 11.3 Å². The number of benzene rings is 2. The molecule has 0 bridgehead atoms. The predicted molar refractivity (Wildman–Crippen MR) is 92.9 cm³/mol. The Morgan fingerprint density at radius 1 is 1.12 bits per heavy atom. The van der Waals surface area contributed by atoms with E-state index in [9.17, 15) is 5.11 Å². The summed E-state index contributed by atoms with van der Waals surface area (Å²) in [7, 11) is 0. The first-order valence-electron chi connectivity index (χ1n) is 7.65. The number of anilines is 1. The van der Waals surface area contributed by atoms with Crippen LogP contribution in [0.15, 0.2) is 60.8 Å². The summed E-state index contributed by atoms with van der Waals surface area (Å²) in [5.74, 6) is 1.20. The molecule has 1 heterocycles. The highest BCUT2D eigenvalue weighted by molar-refractivity contribution is 5.88. The van der Waals surface area contributed by atoms with Gasteiger partial charge in [-0.15, -0.1) is 0 Å². The Morgan fingerprint density at radius 3 is 2.83 bits per heavy atom. The Labute approximate surface area is 140 Å². The first-order valence-corrected chi connectivity index (χ1v) is 7.65. The third kappa shape index (κ3) is 3.62. The molecule has 0 saturated carbocycles. The average molecular weight is 319 g/mol. The van der Waals surface area contributed by atoms with E-state index in [2.05, 4.69) is 16.4 Å². The molecule has 0 aliphatic rings. The topological polar surface area (TPSA) is 78.2 Å². The normalized spacial score (nSPS) is 11.7. The summed E-state index contributed by atoms with van der Waals surface area (Å²) in [4.78, 5) is 4.10. The second-order valence-electron chi connectivity index (χ2n) is 5.33. The molecule has 0 radical (unpaired) electrons. The molecule has 0 fully saturated rings. The summed E-state index contributed by atoms with van der Waals surface area (Å²) in [6.07, 6.45) is 0.875. The fraction of sp³-hybridized carbons (Fsp3) is 0.158. The Bertz CT molecular complexity index is 868. The van der Waals surface area contributed by atoms with Crippen molar-refractivity contribution in [2.24, 2.45) is 0 Å². The van der Waals surface area contributed by atoms with Crippen LogP contribution in [0.3, 0.4) is 0 Å². The molecule has 24 heavy (non-hydrogen) atoms. The van der Waals surface area contributed by atoms with Gasteiger partial charge in [-0.1, -0.05) is 36.4 Å². The van der Waals surface area contributed by atoms with E-state index in [1.165, 1.54) is 0 Å². The Hall–Kier alpha value is -3.10. The number of pyridine rings is 1. The molecular formula is C19H17N3O2. The number of rotatable bonds is 6. The zero-order valence-electron chi connectivity index (χ0n) is 13.0. The average Bonchev–Trinajstić information content (AvgIpc) is 2.64. The van der Waals surface area contributed by atoms with Crippen molar-refractivity contribution in [3.63, 3.8) is 0 Å². The van der Waals surface area contributed by atoms with Gasteiger partial charge in [0.05, 0.1) is 5.56 Å². The highest BCUT2D eigenvalue weighted by Gasteiger charge is 2.09. The molecule has 3 aromatic rings. The monoisotopic (exact) mass is 319 g/mol. The lowest BCUT2D eigenvalue weighted by Crippen LogP contribution is -2.26. The number of aromatic nitrogens is 1. The second-order valence-corrected chi connectivity index (χ2v) is 5.33. The Balaban J connectivity index is 1.59. The minimum Gasteiger partial charge on any atom is -0.490 e. The van der Waals surface area contributed by atoms with E-state index in [0.29, 0.717) is 11.4 Å². The number of aliphatic hydroxyl groups is 1. The van der Waals surface area contributed by atoms with Gasteiger partial charge in [-0.05, 0) is 23.6 Å². The van der Waals surface area contributed by atoms with Crippen LogP contribution in [0.2, 0.25) is 0 Å². The quantitative estimate of drug-likeness (QED) is 0.730. The zero-order chi connectivity index (χ0) is 16.8. The van der Waals surface area contributed by atoms with Crippen molar-refractivity contribution in [3.8, 4) is 11.8 Å². The minimum atomic E-state index is -0.725. The number of nitrogens with zero attached hydrogens (tertiary/aromatic N) is 2. The van der Waals surface area contributed by atoms with E-state index >= 15 is 0 Å². The lowest BCUT2D eigenvalue weighted by molar-refractivity contribution is 0.118. The number of nitrogens with one attached hydrogen (secondary N) is 1. The highest BCUT2D eigenvalue weighted by Crippen LogP contribution is 2.25. The van der Waals surface area contributed by atoms with Gasteiger partial charge in [-0.25, -0.2) is 4.98 Å². The smallest absolute Gasteiger partial charge is 0.143 e. The van der Waals surface area contributed by atoms with Gasteiger partial charge in [0.25, 0.3) is 0 Å². The van der Waals surface area contributed by atoms with Gasteiger partial charge in [0, 0.05) is 18.1 Å². The van der Waals surface area contributed by atoms with E-state index < -0.39 is 6.10 Å². The first-order chi connectivity index (χ1) is 11.8. The number of nitriles is 1. The zero-order valence-corrected chi connectivity index (χ0v) is 13.0. The van der Waals surface area contributed by atoms with E-state index in [1.54, 1.807) is 18.3 Å². The van der Waals surface area contributed by atoms with Crippen LogP contribution in [0.5, 0.6) is 5.75 Å². The van der Waals surface area contributed by atoms with Gasteiger partial charge in [0.2, 0.25) is 0 Å². The maximum atomic E-state index is 10.1. The fourth-order valence-electron chi connectivity index (χ4n) is 2.42. The first kappa shape index (κ1) is 15.8. The fourth-order valence-corrected chi connectivity index (χ4v) is 2.42. The molecule has 5 nitrogen and oxygen atoms in total. The van der Waals surface area contributed by atoms with Gasteiger partial charge in [-0.2, -0.15) is 5.26 Å². The standard InChI is InChI=1S/C19H17N3O2/c20-11-15-7-4-10-21-19(15)22-12-16(23)13-24-18-9-3-6-14-5-1-2-8-17(14)18/h1-10,16,23H,12-13H2,(H,21,22). The van der Waals surface area contributed by atoms with Crippen LogP contribution in [0.1, 0.15) is 5.56 Å². The van der Waals surface area contributed by atoms with Crippen LogP contribution in [0.25, 0.3) is 10.8 Å². The van der Waals surface area contributed by atoms with Crippen LogP contribution in [0.4, 0.5) is 5.82 Å². The van der Waals surface area contributed by atoms with Crippen LogP contribution in [-0.4, -0.2) is 29.3 Å². The summed E-state index contributed by atoms with van der Waals surface area (Å²) in [6, 6.07) is 19.2. The van der Waals surface area contributed by atoms with Gasteiger partial charge in [-0.3, -0.25) is 0 Å². The number of ether oxygens (including phenoxy) is 1. The Kier molecular flexibility index (Phi) is 4.90. The van der Waals surface area contributed by atoms with E-state index in [-0.39, 0.29) is 13.2 Å².